The summed E-state index contributed by atoms with van der Waals surface area (Å²) in [6.07, 6.45) is 10.6. The van der Waals surface area contributed by atoms with Gasteiger partial charge in [-0.05, 0) is 30.5 Å². The lowest BCUT2D eigenvalue weighted by molar-refractivity contribution is 0.0713. The van der Waals surface area contributed by atoms with Crippen LogP contribution in [0, 0.1) is 28.6 Å². The minimum Gasteiger partial charge on any atom is -0.298 e. The first-order chi connectivity index (χ1) is 14.1. The summed E-state index contributed by atoms with van der Waals surface area (Å²) >= 11 is 0. The molecule has 142 valence electrons. The van der Waals surface area contributed by atoms with Crippen LogP contribution >= 0.6 is 0 Å². The highest BCUT2D eigenvalue weighted by molar-refractivity contribution is 5.73. The molecule has 0 aromatic carbocycles. The molecule has 0 saturated heterocycles. The molecular weight excluding hydrogens is 366 g/mol. The van der Waals surface area contributed by atoms with Crippen molar-refractivity contribution in [2.45, 2.75) is 24.8 Å². The fraction of sp³-hybridized carbons (Fsp3) is 0.300. The van der Waals surface area contributed by atoms with Crippen molar-refractivity contribution in [2.24, 2.45) is 13.0 Å². The number of hydrogen-bond donors (Lipinski definition) is 0. The van der Waals surface area contributed by atoms with E-state index in [1.165, 1.54) is 0 Å². The van der Waals surface area contributed by atoms with Crippen LogP contribution in [0.4, 0.5) is 0 Å². The van der Waals surface area contributed by atoms with Crippen LogP contribution in [0.25, 0.3) is 28.2 Å². The Balaban J connectivity index is 1.59. The molecule has 0 spiro atoms. The molecule has 1 aliphatic carbocycles. The predicted octanol–water partition coefficient (Wildman–Crippen LogP) is 2.54. The molecule has 1 fully saturated rings. The second-order valence-electron chi connectivity index (χ2n) is 7.50. The summed E-state index contributed by atoms with van der Waals surface area (Å²) in [6, 6.07) is 8.54. The zero-order valence-corrected chi connectivity index (χ0v) is 15.8. The third-order valence-corrected chi connectivity index (χ3v) is 5.57. The highest BCUT2D eigenvalue weighted by atomic mass is 15.5. The van der Waals surface area contributed by atoms with Crippen LogP contribution < -0.4 is 0 Å². The van der Waals surface area contributed by atoms with Gasteiger partial charge in [-0.25, -0.2) is 4.98 Å². The summed E-state index contributed by atoms with van der Waals surface area (Å²) < 4.78 is 3.72. The molecule has 5 rings (SSSR count). The van der Waals surface area contributed by atoms with E-state index in [2.05, 4.69) is 27.3 Å². The van der Waals surface area contributed by atoms with Crippen LogP contribution in [0.1, 0.15) is 19.3 Å². The van der Waals surface area contributed by atoms with Crippen molar-refractivity contribution in [2.75, 3.05) is 0 Å². The second-order valence-corrected chi connectivity index (χ2v) is 7.50. The minimum absolute atomic E-state index is 0.0490. The topological polar surface area (TPSA) is 113 Å². The molecule has 4 heterocycles. The van der Waals surface area contributed by atoms with Gasteiger partial charge in [-0.2, -0.15) is 30.6 Å². The summed E-state index contributed by atoms with van der Waals surface area (Å²) in [5.41, 5.74) is 3.83. The summed E-state index contributed by atoms with van der Waals surface area (Å²) in [7, 11) is 1.88. The van der Waals surface area contributed by atoms with E-state index >= 15 is 0 Å². The van der Waals surface area contributed by atoms with E-state index in [-0.39, 0.29) is 12.3 Å². The van der Waals surface area contributed by atoms with Crippen LogP contribution in [0.3, 0.4) is 0 Å². The lowest BCUT2D eigenvalue weighted by Crippen LogP contribution is -2.47. The van der Waals surface area contributed by atoms with E-state index in [0.717, 1.165) is 22.5 Å². The number of nitrogens with zero attached hydrogens (tertiary/aromatic N) is 9. The molecule has 9 heteroatoms. The van der Waals surface area contributed by atoms with Gasteiger partial charge in [0.05, 0.1) is 48.1 Å². The summed E-state index contributed by atoms with van der Waals surface area (Å²) in [6.45, 7) is 0. The Labute approximate surface area is 166 Å². The van der Waals surface area contributed by atoms with Gasteiger partial charge in [0.1, 0.15) is 11.3 Å². The molecule has 0 N–H and O–H groups in total. The van der Waals surface area contributed by atoms with Gasteiger partial charge in [0, 0.05) is 31.2 Å². The van der Waals surface area contributed by atoms with Crippen molar-refractivity contribution in [3.05, 3.63) is 43.1 Å². The van der Waals surface area contributed by atoms with Crippen LogP contribution in [0.5, 0.6) is 0 Å². The van der Waals surface area contributed by atoms with E-state index in [0.29, 0.717) is 18.5 Å². The molecule has 9 nitrogen and oxygen atoms in total. The van der Waals surface area contributed by atoms with E-state index in [4.69, 9.17) is 10.4 Å². The van der Waals surface area contributed by atoms with E-state index < -0.39 is 5.54 Å². The van der Waals surface area contributed by atoms with Gasteiger partial charge in [0.15, 0.2) is 0 Å². The standard InChI is InChI=1S/C20H17N9/c1-27-13-16(11-24-27)15-6-18(28-5-4-23-19(28)7-15)17-12-25-29(26-17)20(2-3-21)8-14(9-20)10-22/h4-7,11-14H,2,8-9H2,1H3/t14-,20+. The Hall–Kier alpha value is -3.98. The third-order valence-electron chi connectivity index (χ3n) is 5.57. The molecule has 4 aromatic heterocycles. The predicted molar refractivity (Wildman–Crippen MR) is 103 cm³/mol. The van der Waals surface area contributed by atoms with Crippen LogP contribution in [0.15, 0.2) is 43.1 Å². The van der Waals surface area contributed by atoms with Crippen molar-refractivity contribution >= 4 is 5.65 Å². The number of fused-ring (bicyclic) bond motifs is 1. The Morgan fingerprint density at radius 3 is 2.76 bits per heavy atom. The second kappa shape index (κ2) is 6.28. The molecule has 0 radical (unpaired) electrons. The number of nitriles is 2. The molecule has 0 aliphatic heterocycles. The zero-order chi connectivity index (χ0) is 20.0. The SMILES string of the molecule is Cn1cc(-c2cc(-c3cnn([C@]4(CC#N)C[C@H](C#N)C4)n3)n3ccnc3c2)cn1. The first kappa shape index (κ1) is 17.1. The molecule has 0 amide bonds. The fourth-order valence-electron chi connectivity index (χ4n) is 4.04. The fourth-order valence-corrected chi connectivity index (χ4v) is 4.04. The molecule has 4 aromatic rings. The maximum atomic E-state index is 9.27. The van der Waals surface area contributed by atoms with Crippen molar-refractivity contribution in [1.29, 1.82) is 10.5 Å². The van der Waals surface area contributed by atoms with Crippen LogP contribution in [-0.4, -0.2) is 34.2 Å². The van der Waals surface area contributed by atoms with Gasteiger partial charge in [-0.3, -0.25) is 9.08 Å². The number of hydrogen-bond acceptors (Lipinski definition) is 6. The number of aromatic nitrogens is 7. The molecule has 0 unspecified atom stereocenters. The van der Waals surface area contributed by atoms with Crippen molar-refractivity contribution < 1.29 is 0 Å². The molecule has 1 aliphatic rings. The highest BCUT2D eigenvalue weighted by Crippen LogP contribution is 2.45. The van der Waals surface area contributed by atoms with Gasteiger partial charge in [0.25, 0.3) is 0 Å². The normalized spacial score (nSPS) is 20.9. The Kier molecular flexibility index (Phi) is 3.71. The molecule has 0 atom stereocenters. The average molecular weight is 383 g/mol. The first-order valence-corrected chi connectivity index (χ1v) is 9.28. The average Bonchev–Trinajstić information content (AvgIpc) is 3.43. The zero-order valence-electron chi connectivity index (χ0n) is 15.8. The lowest BCUT2D eigenvalue weighted by atomic mass is 9.68. The third kappa shape index (κ3) is 2.67. The van der Waals surface area contributed by atoms with Gasteiger partial charge in [0.2, 0.25) is 0 Å². The molecule has 0 bridgehead atoms. The summed E-state index contributed by atoms with van der Waals surface area (Å²) in [4.78, 5) is 6.06. The lowest BCUT2D eigenvalue weighted by Gasteiger charge is -2.42. The van der Waals surface area contributed by atoms with Gasteiger partial charge < -0.3 is 0 Å². The number of imidazole rings is 1. The smallest absolute Gasteiger partial charge is 0.137 e. The number of pyridine rings is 1. The monoisotopic (exact) mass is 383 g/mol. The van der Waals surface area contributed by atoms with E-state index in [1.807, 2.05) is 42.2 Å². The largest absolute Gasteiger partial charge is 0.298 e. The molecular formula is C20H17N9. The quantitative estimate of drug-likeness (QED) is 0.535. The van der Waals surface area contributed by atoms with Gasteiger partial charge in [-0.15, -0.1) is 0 Å². The first-order valence-electron chi connectivity index (χ1n) is 9.28. The maximum Gasteiger partial charge on any atom is 0.137 e. The summed E-state index contributed by atoms with van der Waals surface area (Å²) in [5.74, 6) is -0.0490. The van der Waals surface area contributed by atoms with Gasteiger partial charge in [-0.1, -0.05) is 0 Å². The van der Waals surface area contributed by atoms with E-state index in [9.17, 15) is 5.26 Å². The van der Waals surface area contributed by atoms with Crippen LogP contribution in [0.2, 0.25) is 0 Å². The Morgan fingerprint density at radius 2 is 2.03 bits per heavy atom. The molecule has 1 saturated carbocycles. The highest BCUT2D eigenvalue weighted by Gasteiger charge is 2.48. The van der Waals surface area contributed by atoms with E-state index in [1.54, 1.807) is 21.9 Å². The Morgan fingerprint density at radius 1 is 1.17 bits per heavy atom. The molecule has 29 heavy (non-hydrogen) atoms. The number of rotatable bonds is 4. The summed E-state index contributed by atoms with van der Waals surface area (Å²) in [5, 5.41) is 31.8. The van der Waals surface area contributed by atoms with Crippen LogP contribution in [-0.2, 0) is 12.6 Å². The number of aryl methyl sites for hydroxylation is 1. The Bertz CT molecular complexity index is 1290. The van der Waals surface area contributed by atoms with Crippen molar-refractivity contribution in [1.82, 2.24) is 34.2 Å². The maximum absolute atomic E-state index is 9.27. The van der Waals surface area contributed by atoms with Crippen molar-refractivity contribution in [3.63, 3.8) is 0 Å². The van der Waals surface area contributed by atoms with Crippen molar-refractivity contribution in [3.8, 4) is 34.7 Å². The minimum atomic E-state index is -0.498. The van der Waals surface area contributed by atoms with Gasteiger partial charge >= 0.3 is 0 Å².